The Balaban J connectivity index is 2.25. The van der Waals surface area contributed by atoms with E-state index in [-0.39, 0.29) is 0 Å². The predicted octanol–water partition coefficient (Wildman–Crippen LogP) is 9.65. The second-order valence-electron chi connectivity index (χ2n) is 9.84. The van der Waals surface area contributed by atoms with Crippen molar-refractivity contribution >= 4 is 0 Å². The highest BCUT2D eigenvalue weighted by atomic mass is 16.5. The molecule has 1 nitrogen and oxygen atoms in total. The van der Waals surface area contributed by atoms with Crippen LogP contribution in [-0.4, -0.2) is 6.61 Å². The second-order valence-corrected chi connectivity index (χ2v) is 9.84. The van der Waals surface area contributed by atoms with E-state index in [4.69, 9.17) is 4.74 Å². The average Bonchev–Trinajstić information content (AvgIpc) is 3.41. The molecule has 0 aliphatic heterocycles. The minimum atomic E-state index is 0.585. The van der Waals surface area contributed by atoms with Gasteiger partial charge in [-0.2, -0.15) is 0 Å². The molecule has 2 atom stereocenters. The van der Waals surface area contributed by atoms with Crippen LogP contribution in [0.3, 0.4) is 0 Å². The van der Waals surface area contributed by atoms with Gasteiger partial charge in [0, 0.05) is 5.92 Å². The van der Waals surface area contributed by atoms with Crippen LogP contribution in [0.4, 0.5) is 0 Å². The molecule has 32 heavy (non-hydrogen) atoms. The van der Waals surface area contributed by atoms with E-state index >= 15 is 0 Å². The molecule has 178 valence electrons. The molecule has 0 saturated heterocycles. The van der Waals surface area contributed by atoms with E-state index in [1.807, 2.05) is 13.0 Å². The Kier molecular flexibility index (Phi) is 11.4. The van der Waals surface area contributed by atoms with Gasteiger partial charge in [0.25, 0.3) is 0 Å². The molecule has 0 aromatic heterocycles. The standard InChI is InChI=1S/C31H48O/c1-8-12-16-26(10-3)21-23(5)30-22-29(31(24(30)6)28-17-13-14-18-28)20-19-27(15-9-2)25(7)32-11-4/h9,19,22,26,28,31H,2,5,7-8,10-18,20-21H2,1,3-4,6H3/b27-19+. The third kappa shape index (κ3) is 7.12. The van der Waals surface area contributed by atoms with Crippen LogP contribution in [0.1, 0.15) is 98.3 Å². The fourth-order valence-corrected chi connectivity index (χ4v) is 5.72. The SMILES string of the molecule is C=CC/C(=C\CC1=CC(C(=C)CC(CC)CCCC)=C(C)C1C1CCCC1)C(=C)OCC. The average molecular weight is 437 g/mol. The van der Waals surface area contributed by atoms with E-state index in [0.717, 1.165) is 36.9 Å². The highest BCUT2D eigenvalue weighted by Gasteiger charge is 2.33. The second kappa shape index (κ2) is 13.7. The monoisotopic (exact) mass is 436 g/mol. The lowest BCUT2D eigenvalue weighted by atomic mass is 9.80. The van der Waals surface area contributed by atoms with Gasteiger partial charge in [-0.05, 0) is 74.5 Å². The number of hydrogen-bond acceptors (Lipinski definition) is 1. The fourth-order valence-electron chi connectivity index (χ4n) is 5.72. The Bertz CT molecular complexity index is 738. The van der Waals surface area contributed by atoms with E-state index in [0.29, 0.717) is 12.5 Å². The summed E-state index contributed by atoms with van der Waals surface area (Å²) in [6.07, 6.45) is 20.4. The van der Waals surface area contributed by atoms with Crippen molar-refractivity contribution < 1.29 is 4.74 Å². The Morgan fingerprint density at radius 3 is 2.50 bits per heavy atom. The van der Waals surface area contributed by atoms with Gasteiger partial charge in [-0.15, -0.1) is 6.58 Å². The van der Waals surface area contributed by atoms with Crippen LogP contribution in [-0.2, 0) is 4.74 Å². The van der Waals surface area contributed by atoms with Gasteiger partial charge in [-0.3, -0.25) is 0 Å². The van der Waals surface area contributed by atoms with Crippen molar-refractivity contribution in [2.45, 2.75) is 98.3 Å². The largest absolute Gasteiger partial charge is 0.494 e. The molecule has 0 amide bonds. The molecule has 0 aromatic carbocycles. The summed E-state index contributed by atoms with van der Waals surface area (Å²) in [4.78, 5) is 0. The minimum Gasteiger partial charge on any atom is -0.494 e. The maximum absolute atomic E-state index is 5.71. The summed E-state index contributed by atoms with van der Waals surface area (Å²) >= 11 is 0. The number of allylic oxidation sites excluding steroid dienone is 8. The topological polar surface area (TPSA) is 9.23 Å². The molecule has 2 rings (SSSR count). The zero-order valence-electron chi connectivity index (χ0n) is 21.5. The first kappa shape index (κ1) is 26.5. The Morgan fingerprint density at radius 1 is 1.19 bits per heavy atom. The van der Waals surface area contributed by atoms with Gasteiger partial charge in [-0.25, -0.2) is 0 Å². The van der Waals surface area contributed by atoms with E-state index in [2.05, 4.69) is 52.7 Å². The van der Waals surface area contributed by atoms with Crippen molar-refractivity contribution in [2.24, 2.45) is 17.8 Å². The molecular formula is C31H48O. The van der Waals surface area contributed by atoms with E-state index < -0.39 is 0 Å². The van der Waals surface area contributed by atoms with Crippen LogP contribution in [0.5, 0.6) is 0 Å². The van der Waals surface area contributed by atoms with Crippen molar-refractivity contribution in [1.29, 1.82) is 0 Å². The summed E-state index contributed by atoms with van der Waals surface area (Å²) in [5.41, 5.74) is 7.12. The van der Waals surface area contributed by atoms with Gasteiger partial charge in [0.05, 0.1) is 6.61 Å². The fraction of sp³-hybridized carbons (Fsp3) is 0.613. The molecule has 0 radical (unpaired) electrons. The van der Waals surface area contributed by atoms with Crippen LogP contribution < -0.4 is 0 Å². The van der Waals surface area contributed by atoms with Crippen molar-refractivity contribution in [2.75, 3.05) is 6.61 Å². The third-order valence-corrected chi connectivity index (χ3v) is 7.58. The number of unbranched alkanes of at least 4 members (excludes halogenated alkanes) is 1. The molecule has 2 unspecified atom stereocenters. The molecule has 0 bridgehead atoms. The van der Waals surface area contributed by atoms with Gasteiger partial charge < -0.3 is 4.74 Å². The third-order valence-electron chi connectivity index (χ3n) is 7.58. The summed E-state index contributed by atoms with van der Waals surface area (Å²) in [6, 6.07) is 0. The molecule has 1 heteroatoms. The Hall–Kier alpha value is -1.76. The molecule has 0 N–H and O–H groups in total. The number of hydrogen-bond donors (Lipinski definition) is 0. The molecule has 0 heterocycles. The zero-order valence-corrected chi connectivity index (χ0v) is 21.5. The lowest BCUT2D eigenvalue weighted by molar-refractivity contribution is 0.238. The first-order chi connectivity index (χ1) is 15.5. The maximum Gasteiger partial charge on any atom is 0.115 e. The summed E-state index contributed by atoms with van der Waals surface area (Å²) in [6.45, 7) is 22.4. The van der Waals surface area contributed by atoms with Gasteiger partial charge in [0.2, 0.25) is 0 Å². The first-order valence-corrected chi connectivity index (χ1v) is 13.2. The summed E-state index contributed by atoms with van der Waals surface area (Å²) in [5, 5.41) is 0. The Morgan fingerprint density at radius 2 is 1.91 bits per heavy atom. The number of ether oxygens (including phenoxy) is 1. The summed E-state index contributed by atoms with van der Waals surface area (Å²) < 4.78 is 5.71. The molecule has 2 aliphatic carbocycles. The summed E-state index contributed by atoms with van der Waals surface area (Å²) in [5.74, 6) is 2.93. The van der Waals surface area contributed by atoms with Crippen LogP contribution in [0.2, 0.25) is 0 Å². The molecule has 0 aromatic rings. The van der Waals surface area contributed by atoms with Crippen LogP contribution in [0.15, 0.2) is 71.6 Å². The van der Waals surface area contributed by atoms with Crippen molar-refractivity contribution in [3.8, 4) is 0 Å². The molecule has 0 spiro atoms. The quantitative estimate of drug-likeness (QED) is 0.141. The molecule has 1 saturated carbocycles. The Labute approximate surface area is 199 Å². The van der Waals surface area contributed by atoms with Gasteiger partial charge in [0.1, 0.15) is 5.76 Å². The molecule has 1 fully saturated rings. The highest BCUT2D eigenvalue weighted by molar-refractivity contribution is 5.52. The molecule has 2 aliphatic rings. The van der Waals surface area contributed by atoms with Gasteiger partial charge >= 0.3 is 0 Å². The maximum atomic E-state index is 5.71. The van der Waals surface area contributed by atoms with E-state index in [9.17, 15) is 0 Å². The van der Waals surface area contributed by atoms with E-state index in [1.54, 1.807) is 11.1 Å². The summed E-state index contributed by atoms with van der Waals surface area (Å²) in [7, 11) is 0. The van der Waals surface area contributed by atoms with Crippen LogP contribution in [0, 0.1) is 17.8 Å². The van der Waals surface area contributed by atoms with Gasteiger partial charge in [-0.1, -0.05) is 94.9 Å². The lowest BCUT2D eigenvalue weighted by Gasteiger charge is -2.24. The highest BCUT2D eigenvalue weighted by Crippen LogP contribution is 2.47. The van der Waals surface area contributed by atoms with Gasteiger partial charge in [0.15, 0.2) is 0 Å². The minimum absolute atomic E-state index is 0.585. The van der Waals surface area contributed by atoms with Crippen LogP contribution in [0.25, 0.3) is 0 Å². The molecular weight excluding hydrogens is 388 g/mol. The van der Waals surface area contributed by atoms with Crippen molar-refractivity contribution in [3.63, 3.8) is 0 Å². The number of rotatable bonds is 15. The predicted molar refractivity (Wildman–Crippen MR) is 142 cm³/mol. The normalized spacial score (nSPS) is 20.4. The lowest BCUT2D eigenvalue weighted by Crippen LogP contribution is -2.14. The van der Waals surface area contributed by atoms with E-state index in [1.165, 1.54) is 68.1 Å². The smallest absolute Gasteiger partial charge is 0.115 e. The zero-order chi connectivity index (χ0) is 23.5. The van der Waals surface area contributed by atoms with Crippen LogP contribution >= 0.6 is 0 Å². The van der Waals surface area contributed by atoms with Crippen molar-refractivity contribution in [1.82, 2.24) is 0 Å². The first-order valence-electron chi connectivity index (χ1n) is 13.2. The van der Waals surface area contributed by atoms with Crippen molar-refractivity contribution in [3.05, 3.63) is 71.6 Å².